The van der Waals surface area contributed by atoms with Crippen molar-refractivity contribution in [2.45, 2.75) is 12.8 Å². The van der Waals surface area contributed by atoms with Crippen LogP contribution in [-0.2, 0) is 12.8 Å². The van der Waals surface area contributed by atoms with E-state index in [4.69, 9.17) is 0 Å². The second-order valence-electron chi connectivity index (χ2n) is 7.83. The Balaban J connectivity index is 0.000000161. The van der Waals surface area contributed by atoms with Crippen LogP contribution in [0.3, 0.4) is 0 Å². The Morgan fingerprint density at radius 3 is 1.39 bits per heavy atom. The van der Waals surface area contributed by atoms with Crippen molar-refractivity contribution in [1.29, 1.82) is 0 Å². The molecule has 0 saturated carbocycles. The third-order valence-electron chi connectivity index (χ3n) is 5.01. The quantitative estimate of drug-likeness (QED) is 0.518. The van der Waals surface area contributed by atoms with Gasteiger partial charge in [-0.15, -0.1) is 0 Å². The van der Waals surface area contributed by atoms with Crippen LogP contribution in [0.5, 0.6) is 0 Å². The minimum Gasteiger partial charge on any atom is -0.361 e. The van der Waals surface area contributed by atoms with E-state index in [0.717, 1.165) is 25.9 Å². The number of benzene rings is 2. The Morgan fingerprint density at radius 2 is 1.00 bits per heavy atom. The van der Waals surface area contributed by atoms with Gasteiger partial charge in [-0.3, -0.25) is 0 Å². The normalized spacial score (nSPS) is 11.4. The van der Waals surface area contributed by atoms with E-state index in [9.17, 15) is 0 Å². The molecule has 2 aromatic heterocycles. The van der Waals surface area contributed by atoms with Gasteiger partial charge in [0.05, 0.1) is 0 Å². The molecule has 2 heterocycles. The van der Waals surface area contributed by atoms with E-state index in [1.54, 1.807) is 0 Å². The maximum atomic E-state index is 3.29. The highest BCUT2D eigenvalue weighted by molar-refractivity contribution is 5.83. The van der Waals surface area contributed by atoms with E-state index >= 15 is 0 Å². The van der Waals surface area contributed by atoms with Crippen molar-refractivity contribution in [1.82, 2.24) is 19.8 Å². The van der Waals surface area contributed by atoms with Gasteiger partial charge in [0.2, 0.25) is 0 Å². The fourth-order valence-corrected chi connectivity index (χ4v) is 3.37. The van der Waals surface area contributed by atoms with Crippen LogP contribution in [0.4, 0.5) is 0 Å². The minimum absolute atomic E-state index is 1.10. The number of hydrogen-bond acceptors (Lipinski definition) is 2. The summed E-state index contributed by atoms with van der Waals surface area (Å²) >= 11 is 0. The number of fused-ring (bicyclic) bond motifs is 2. The zero-order valence-electron chi connectivity index (χ0n) is 17.5. The summed E-state index contributed by atoms with van der Waals surface area (Å²) in [6.45, 7) is 2.20. The molecule has 4 rings (SSSR count). The predicted molar refractivity (Wildman–Crippen MR) is 121 cm³/mol. The first-order chi connectivity index (χ1) is 13.5. The molecule has 0 unspecified atom stereocenters. The van der Waals surface area contributed by atoms with Crippen molar-refractivity contribution in [3.63, 3.8) is 0 Å². The Kier molecular flexibility index (Phi) is 6.90. The van der Waals surface area contributed by atoms with Crippen LogP contribution >= 0.6 is 0 Å². The second-order valence-corrected chi connectivity index (χ2v) is 7.83. The van der Waals surface area contributed by atoms with Crippen LogP contribution in [-0.4, -0.2) is 61.0 Å². The van der Waals surface area contributed by atoms with Crippen molar-refractivity contribution in [2.24, 2.45) is 0 Å². The van der Waals surface area contributed by atoms with Gasteiger partial charge in [-0.2, -0.15) is 0 Å². The van der Waals surface area contributed by atoms with Crippen LogP contribution in [0.15, 0.2) is 60.9 Å². The maximum absolute atomic E-state index is 3.29. The van der Waals surface area contributed by atoms with Crippen LogP contribution < -0.4 is 0 Å². The SMILES string of the molecule is CN(C)CCc1c[nH]c2ccccc12.CN(C)CCc1c[nH]c2ccccc12. The second kappa shape index (κ2) is 9.58. The molecular formula is C24H32N4. The molecule has 0 aliphatic rings. The van der Waals surface area contributed by atoms with E-state index < -0.39 is 0 Å². The van der Waals surface area contributed by atoms with Gasteiger partial charge in [-0.25, -0.2) is 0 Å². The minimum atomic E-state index is 1.10. The lowest BCUT2D eigenvalue weighted by molar-refractivity contribution is 0.414. The molecule has 0 spiro atoms. The number of nitrogens with zero attached hydrogens (tertiary/aromatic N) is 2. The van der Waals surface area contributed by atoms with E-state index in [1.165, 1.54) is 32.9 Å². The highest BCUT2D eigenvalue weighted by Crippen LogP contribution is 2.18. The molecule has 4 heteroatoms. The topological polar surface area (TPSA) is 38.1 Å². The van der Waals surface area contributed by atoms with Crippen molar-refractivity contribution in [2.75, 3.05) is 41.3 Å². The molecule has 4 aromatic rings. The number of rotatable bonds is 6. The number of aromatic nitrogens is 2. The zero-order chi connectivity index (χ0) is 19.9. The Bertz CT molecular complexity index is 912. The molecule has 0 saturated heterocycles. The van der Waals surface area contributed by atoms with Crippen LogP contribution in [0.2, 0.25) is 0 Å². The Labute approximate surface area is 168 Å². The first kappa shape index (κ1) is 20.2. The monoisotopic (exact) mass is 376 g/mol. The van der Waals surface area contributed by atoms with Crippen molar-refractivity contribution < 1.29 is 0 Å². The molecule has 0 radical (unpaired) electrons. The molecule has 28 heavy (non-hydrogen) atoms. The molecule has 0 fully saturated rings. The average Bonchev–Trinajstić information content (AvgIpc) is 3.29. The number of nitrogens with one attached hydrogen (secondary N) is 2. The standard InChI is InChI=1S/2C12H16N2/c2*1-14(2)8-7-10-9-13-12-6-4-3-5-11(10)12/h2*3-6,9,13H,7-8H2,1-2H3. The number of H-pyrrole nitrogens is 2. The van der Waals surface area contributed by atoms with Crippen molar-refractivity contribution in [3.8, 4) is 0 Å². The summed E-state index contributed by atoms with van der Waals surface area (Å²) in [7, 11) is 8.42. The summed E-state index contributed by atoms with van der Waals surface area (Å²) in [5.41, 5.74) is 5.30. The fourth-order valence-electron chi connectivity index (χ4n) is 3.37. The molecule has 0 atom stereocenters. The summed E-state index contributed by atoms with van der Waals surface area (Å²) in [6, 6.07) is 16.9. The molecular weight excluding hydrogens is 344 g/mol. The Morgan fingerprint density at radius 1 is 0.607 bits per heavy atom. The van der Waals surface area contributed by atoms with E-state index in [-0.39, 0.29) is 0 Å². The summed E-state index contributed by atoms with van der Waals surface area (Å²) in [5, 5.41) is 2.71. The smallest absolute Gasteiger partial charge is 0.0456 e. The van der Waals surface area contributed by atoms with Crippen molar-refractivity contribution in [3.05, 3.63) is 72.1 Å². The maximum Gasteiger partial charge on any atom is 0.0456 e. The molecule has 2 aromatic carbocycles. The summed E-state index contributed by atoms with van der Waals surface area (Å²) < 4.78 is 0. The largest absolute Gasteiger partial charge is 0.361 e. The summed E-state index contributed by atoms with van der Waals surface area (Å²) in [6.07, 6.45) is 6.45. The lowest BCUT2D eigenvalue weighted by atomic mass is 10.1. The molecule has 4 nitrogen and oxygen atoms in total. The molecule has 0 bridgehead atoms. The third kappa shape index (κ3) is 5.24. The van der Waals surface area contributed by atoms with Gasteiger partial charge in [-0.05, 0) is 64.3 Å². The van der Waals surface area contributed by atoms with Gasteiger partial charge in [0.25, 0.3) is 0 Å². The van der Waals surface area contributed by atoms with E-state index in [2.05, 4.69) is 109 Å². The number of aromatic amines is 2. The van der Waals surface area contributed by atoms with E-state index in [1.807, 2.05) is 0 Å². The lowest BCUT2D eigenvalue weighted by Gasteiger charge is -2.07. The van der Waals surface area contributed by atoms with Gasteiger partial charge in [0, 0.05) is 47.3 Å². The van der Waals surface area contributed by atoms with Gasteiger partial charge in [0.15, 0.2) is 0 Å². The fraction of sp³-hybridized carbons (Fsp3) is 0.333. The van der Waals surface area contributed by atoms with Gasteiger partial charge in [0.1, 0.15) is 0 Å². The molecule has 148 valence electrons. The number of likely N-dealkylation sites (N-methyl/N-ethyl adjacent to an activating group) is 2. The van der Waals surface area contributed by atoms with Gasteiger partial charge < -0.3 is 19.8 Å². The molecule has 0 aliphatic carbocycles. The molecule has 0 amide bonds. The van der Waals surface area contributed by atoms with Crippen LogP contribution in [0.1, 0.15) is 11.1 Å². The number of hydrogen-bond donors (Lipinski definition) is 2. The summed E-state index contributed by atoms with van der Waals surface area (Å²) in [4.78, 5) is 11.0. The predicted octanol–water partition coefficient (Wildman–Crippen LogP) is 4.54. The first-order valence-electron chi connectivity index (χ1n) is 9.94. The van der Waals surface area contributed by atoms with Gasteiger partial charge in [-0.1, -0.05) is 36.4 Å². The van der Waals surface area contributed by atoms with Crippen LogP contribution in [0.25, 0.3) is 21.8 Å². The highest BCUT2D eigenvalue weighted by Gasteiger charge is 2.03. The Hall–Kier alpha value is -2.56. The average molecular weight is 377 g/mol. The molecule has 2 N–H and O–H groups in total. The first-order valence-corrected chi connectivity index (χ1v) is 9.94. The van der Waals surface area contributed by atoms with Crippen LogP contribution in [0, 0.1) is 0 Å². The van der Waals surface area contributed by atoms with Crippen molar-refractivity contribution >= 4 is 21.8 Å². The third-order valence-corrected chi connectivity index (χ3v) is 5.01. The zero-order valence-corrected chi connectivity index (χ0v) is 17.5. The van der Waals surface area contributed by atoms with Gasteiger partial charge >= 0.3 is 0 Å². The number of para-hydroxylation sites is 2. The highest BCUT2D eigenvalue weighted by atomic mass is 15.0. The molecule has 0 aliphatic heterocycles. The summed E-state index contributed by atoms with van der Waals surface area (Å²) in [5.74, 6) is 0. The van der Waals surface area contributed by atoms with E-state index in [0.29, 0.717) is 0 Å². The lowest BCUT2D eigenvalue weighted by Crippen LogP contribution is -2.14.